The smallest absolute Gasteiger partial charge is 0.407 e. The third kappa shape index (κ3) is 2.80. The predicted octanol–water partition coefficient (Wildman–Crippen LogP) is 2.66. The van der Waals surface area contributed by atoms with E-state index >= 15 is 0 Å². The van der Waals surface area contributed by atoms with Gasteiger partial charge in [0.05, 0.1) is 0 Å². The first-order valence-corrected chi connectivity index (χ1v) is 7.44. The normalized spacial score (nSPS) is 28.6. The van der Waals surface area contributed by atoms with Crippen LogP contribution in [-0.4, -0.2) is 23.6 Å². The number of hydrogen-bond donors (Lipinski definition) is 1. The van der Waals surface area contributed by atoms with Gasteiger partial charge in [-0.25, -0.2) is 4.79 Å². The maximum Gasteiger partial charge on any atom is 0.407 e. The van der Waals surface area contributed by atoms with Crippen LogP contribution >= 0.6 is 11.8 Å². The van der Waals surface area contributed by atoms with E-state index in [1.165, 1.54) is 12.2 Å². The minimum absolute atomic E-state index is 0.302. The van der Waals surface area contributed by atoms with Gasteiger partial charge in [0.2, 0.25) is 0 Å². The van der Waals surface area contributed by atoms with Crippen LogP contribution in [-0.2, 0) is 11.3 Å². The summed E-state index contributed by atoms with van der Waals surface area (Å²) in [6.07, 6.45) is 1.06. The second-order valence-electron chi connectivity index (χ2n) is 4.97. The van der Waals surface area contributed by atoms with Gasteiger partial charge >= 0.3 is 6.09 Å². The number of rotatable bonds is 4. The van der Waals surface area contributed by atoms with E-state index in [-0.39, 0.29) is 6.09 Å². The quantitative estimate of drug-likeness (QED) is 0.907. The number of fused-ring (bicyclic) bond motifs is 1. The molecule has 0 radical (unpaired) electrons. The van der Waals surface area contributed by atoms with Crippen molar-refractivity contribution in [2.45, 2.75) is 18.3 Å². The van der Waals surface area contributed by atoms with Gasteiger partial charge in [-0.3, -0.25) is 0 Å². The summed E-state index contributed by atoms with van der Waals surface area (Å²) in [5, 5.41) is 3.48. The first-order valence-electron chi connectivity index (χ1n) is 6.39. The van der Waals surface area contributed by atoms with Crippen molar-refractivity contribution in [1.82, 2.24) is 5.32 Å². The van der Waals surface area contributed by atoms with Crippen LogP contribution in [0.1, 0.15) is 12.0 Å². The molecule has 0 spiro atoms. The fraction of sp³-hybridized carbons (Fsp3) is 0.500. The highest BCUT2D eigenvalue weighted by atomic mass is 32.2. The summed E-state index contributed by atoms with van der Waals surface area (Å²) < 4.78 is 5.18. The Kier molecular flexibility index (Phi) is 3.46. The lowest BCUT2D eigenvalue weighted by molar-refractivity contribution is 0.139. The minimum Gasteiger partial charge on any atom is -0.445 e. The van der Waals surface area contributed by atoms with Crippen LogP contribution in [0.25, 0.3) is 0 Å². The largest absolute Gasteiger partial charge is 0.445 e. The topological polar surface area (TPSA) is 38.3 Å². The molecule has 18 heavy (non-hydrogen) atoms. The van der Waals surface area contributed by atoms with Gasteiger partial charge in [0.1, 0.15) is 6.61 Å². The molecule has 0 bridgehead atoms. The molecule has 1 amide bonds. The molecule has 1 aliphatic heterocycles. The first-order chi connectivity index (χ1) is 8.83. The molecular formula is C14H17NO2S. The van der Waals surface area contributed by atoms with E-state index in [2.05, 4.69) is 5.32 Å². The van der Waals surface area contributed by atoms with Gasteiger partial charge in [-0.05, 0) is 29.6 Å². The van der Waals surface area contributed by atoms with Gasteiger partial charge in [0.15, 0.2) is 0 Å². The molecule has 1 N–H and O–H groups in total. The average Bonchev–Trinajstić information content (AvgIpc) is 3.09. The predicted molar refractivity (Wildman–Crippen MR) is 72.5 cm³/mol. The van der Waals surface area contributed by atoms with E-state index in [9.17, 15) is 4.79 Å². The third-order valence-corrected chi connectivity index (χ3v) is 5.20. The van der Waals surface area contributed by atoms with Crippen molar-refractivity contribution in [2.24, 2.45) is 11.8 Å². The molecular weight excluding hydrogens is 246 g/mol. The van der Waals surface area contributed by atoms with Crippen molar-refractivity contribution in [1.29, 1.82) is 0 Å². The number of carbonyl (C=O) groups is 1. The zero-order chi connectivity index (χ0) is 12.4. The highest BCUT2D eigenvalue weighted by Gasteiger charge is 2.48. The van der Waals surface area contributed by atoms with Crippen LogP contribution in [0.15, 0.2) is 30.3 Å². The molecule has 1 saturated heterocycles. The average molecular weight is 263 g/mol. The molecule has 1 aliphatic carbocycles. The SMILES string of the molecule is O=C(NC[C@H]1SC[C@@H]2CC21)OCc1ccccc1. The van der Waals surface area contributed by atoms with Crippen LogP contribution in [0.2, 0.25) is 0 Å². The summed E-state index contributed by atoms with van der Waals surface area (Å²) in [7, 11) is 0. The molecule has 3 atom stereocenters. The van der Waals surface area contributed by atoms with E-state index < -0.39 is 0 Å². The van der Waals surface area contributed by atoms with Crippen molar-refractivity contribution in [3.05, 3.63) is 35.9 Å². The van der Waals surface area contributed by atoms with E-state index in [1.54, 1.807) is 0 Å². The van der Waals surface area contributed by atoms with Crippen LogP contribution in [0.4, 0.5) is 4.79 Å². The second-order valence-corrected chi connectivity index (χ2v) is 6.25. The number of thioether (sulfide) groups is 1. The molecule has 1 saturated carbocycles. The summed E-state index contributed by atoms with van der Waals surface area (Å²) in [4.78, 5) is 11.6. The molecule has 0 aromatic heterocycles. The Balaban J connectivity index is 1.37. The molecule has 2 aliphatic rings. The summed E-state index contributed by atoms with van der Waals surface area (Å²) in [5.74, 6) is 3.06. The standard InChI is InChI=1S/C14H17NO2S/c16-14(17-8-10-4-2-1-3-5-10)15-7-13-12-6-11(12)9-18-13/h1-5,11-13H,6-9H2,(H,15,16)/t11-,12?,13+/m0/s1. The Labute approximate surface area is 111 Å². The van der Waals surface area contributed by atoms with Crippen molar-refractivity contribution in [3.8, 4) is 0 Å². The van der Waals surface area contributed by atoms with E-state index in [1.807, 2.05) is 42.1 Å². The van der Waals surface area contributed by atoms with Gasteiger partial charge in [-0.1, -0.05) is 30.3 Å². The highest BCUT2D eigenvalue weighted by molar-refractivity contribution is 8.00. The number of carbonyl (C=O) groups excluding carboxylic acids is 1. The number of alkyl carbamates (subject to hydrolysis) is 1. The van der Waals surface area contributed by atoms with Crippen LogP contribution in [0.5, 0.6) is 0 Å². The van der Waals surface area contributed by atoms with Crippen molar-refractivity contribution in [3.63, 3.8) is 0 Å². The maximum absolute atomic E-state index is 11.6. The van der Waals surface area contributed by atoms with Crippen LogP contribution in [0, 0.1) is 11.8 Å². The van der Waals surface area contributed by atoms with Gasteiger partial charge < -0.3 is 10.1 Å². The lowest BCUT2D eigenvalue weighted by Gasteiger charge is -2.12. The van der Waals surface area contributed by atoms with Crippen LogP contribution in [0.3, 0.4) is 0 Å². The molecule has 3 rings (SSSR count). The molecule has 1 aromatic rings. The maximum atomic E-state index is 11.6. The van der Waals surface area contributed by atoms with Gasteiger partial charge in [0, 0.05) is 11.8 Å². The highest BCUT2D eigenvalue weighted by Crippen LogP contribution is 2.53. The zero-order valence-electron chi connectivity index (χ0n) is 10.2. The fourth-order valence-electron chi connectivity index (χ4n) is 2.46. The minimum atomic E-state index is -0.302. The van der Waals surface area contributed by atoms with Gasteiger partial charge in [-0.2, -0.15) is 11.8 Å². The summed E-state index contributed by atoms with van der Waals surface area (Å²) >= 11 is 1.99. The lowest BCUT2D eigenvalue weighted by Crippen LogP contribution is -2.31. The Hall–Kier alpha value is -1.16. The lowest BCUT2D eigenvalue weighted by atomic mass is 10.2. The van der Waals surface area contributed by atoms with Gasteiger partial charge in [0.25, 0.3) is 0 Å². The second kappa shape index (κ2) is 5.22. The number of amides is 1. The number of hydrogen-bond acceptors (Lipinski definition) is 3. The third-order valence-electron chi connectivity index (χ3n) is 3.64. The molecule has 1 aromatic carbocycles. The van der Waals surface area contributed by atoms with Crippen LogP contribution < -0.4 is 5.32 Å². The van der Waals surface area contributed by atoms with E-state index in [0.717, 1.165) is 23.9 Å². The Morgan fingerprint density at radius 1 is 1.39 bits per heavy atom. The molecule has 4 heteroatoms. The summed E-state index contributed by atoms with van der Waals surface area (Å²) in [6.45, 7) is 1.09. The molecule has 1 unspecified atom stereocenters. The zero-order valence-corrected chi connectivity index (χ0v) is 11.0. The monoisotopic (exact) mass is 263 g/mol. The number of nitrogens with one attached hydrogen (secondary N) is 1. The van der Waals surface area contributed by atoms with E-state index in [0.29, 0.717) is 11.9 Å². The fourth-order valence-corrected chi connectivity index (χ4v) is 4.12. The summed E-state index contributed by atoms with van der Waals surface area (Å²) in [6, 6.07) is 9.74. The van der Waals surface area contributed by atoms with Gasteiger partial charge in [-0.15, -0.1) is 0 Å². The Morgan fingerprint density at radius 3 is 2.89 bits per heavy atom. The number of benzene rings is 1. The van der Waals surface area contributed by atoms with Crippen molar-refractivity contribution < 1.29 is 9.53 Å². The molecule has 3 nitrogen and oxygen atoms in total. The van der Waals surface area contributed by atoms with Crippen molar-refractivity contribution >= 4 is 17.9 Å². The summed E-state index contributed by atoms with van der Waals surface area (Å²) in [5.41, 5.74) is 1.02. The molecule has 1 heterocycles. The van der Waals surface area contributed by atoms with Crippen molar-refractivity contribution in [2.75, 3.05) is 12.3 Å². The van der Waals surface area contributed by atoms with E-state index in [4.69, 9.17) is 4.74 Å². The Bertz CT molecular complexity index is 423. The number of ether oxygens (including phenoxy) is 1. The molecule has 2 fully saturated rings. The first kappa shape index (κ1) is 11.9. The Morgan fingerprint density at radius 2 is 2.22 bits per heavy atom. The molecule has 96 valence electrons.